The van der Waals surface area contributed by atoms with E-state index in [9.17, 15) is 24.8 Å². The molecule has 0 spiro atoms. The maximum absolute atomic E-state index is 13.0. The topological polar surface area (TPSA) is 110 Å². The maximum atomic E-state index is 13.0. The minimum Gasteiger partial charge on any atom is -0.393 e. The molecular formula is C17H16N2O6. The molecule has 0 aliphatic carbocycles. The molecule has 0 radical (unpaired) electrons. The molecule has 8 nitrogen and oxygen atoms in total. The van der Waals surface area contributed by atoms with Crippen molar-refractivity contribution in [2.45, 2.75) is 25.0 Å². The lowest BCUT2D eigenvalue weighted by Crippen LogP contribution is -2.43. The molecule has 0 aromatic heterocycles. The summed E-state index contributed by atoms with van der Waals surface area (Å²) in [5, 5.41) is 20.8. The first kappa shape index (κ1) is 15.9. The Balaban J connectivity index is 1.83. The van der Waals surface area contributed by atoms with Crippen LogP contribution in [0.2, 0.25) is 0 Å². The van der Waals surface area contributed by atoms with Gasteiger partial charge in [0, 0.05) is 12.1 Å². The fourth-order valence-corrected chi connectivity index (χ4v) is 4.23. The molecule has 0 unspecified atom stereocenters. The van der Waals surface area contributed by atoms with Crippen molar-refractivity contribution in [3.63, 3.8) is 0 Å². The van der Waals surface area contributed by atoms with Crippen molar-refractivity contribution in [2.24, 2.45) is 11.8 Å². The minimum absolute atomic E-state index is 0.196. The number of aliphatic hydroxyl groups excluding tert-OH is 1. The van der Waals surface area contributed by atoms with Crippen LogP contribution in [0.25, 0.3) is 0 Å². The highest BCUT2D eigenvalue weighted by atomic mass is 16.6. The number of ether oxygens (including phenoxy) is 1. The lowest BCUT2D eigenvalue weighted by Gasteiger charge is -2.27. The number of aliphatic hydroxyl groups is 1. The van der Waals surface area contributed by atoms with E-state index in [0.29, 0.717) is 5.56 Å². The summed E-state index contributed by atoms with van der Waals surface area (Å²) in [6, 6.07) is 4.07. The summed E-state index contributed by atoms with van der Waals surface area (Å²) in [5.74, 6) is -2.55. The van der Waals surface area contributed by atoms with Crippen LogP contribution in [0.5, 0.6) is 0 Å². The number of hydrogen-bond acceptors (Lipinski definition) is 6. The van der Waals surface area contributed by atoms with Gasteiger partial charge in [0.2, 0.25) is 11.8 Å². The van der Waals surface area contributed by atoms with Crippen LogP contribution in [-0.2, 0) is 14.3 Å². The molecule has 1 N–H and O–H groups in total. The number of aryl methyl sites for hydroxylation is 1. The molecule has 1 aromatic rings. The summed E-state index contributed by atoms with van der Waals surface area (Å²) in [4.78, 5) is 37.6. The predicted molar refractivity (Wildman–Crippen MR) is 85.8 cm³/mol. The SMILES string of the molecule is Cc1ccc([N+](=O)[O-])cc1N1C(=O)[C@@H]2[C@H](C1=O)[C@@]1(CO)C=C[C@@]2(C)O1. The Morgan fingerprint density at radius 1 is 1.28 bits per heavy atom. The number of nitrogens with zero attached hydrogens (tertiary/aromatic N) is 2. The summed E-state index contributed by atoms with van der Waals surface area (Å²) in [6.45, 7) is 2.97. The number of rotatable bonds is 3. The van der Waals surface area contributed by atoms with Gasteiger partial charge in [-0.25, -0.2) is 4.90 Å². The highest BCUT2D eigenvalue weighted by Gasteiger charge is 2.72. The number of fused-ring (bicyclic) bond motifs is 5. The lowest BCUT2D eigenvalue weighted by atomic mass is 9.73. The molecule has 2 bridgehead atoms. The number of nitro benzene ring substituents is 1. The largest absolute Gasteiger partial charge is 0.393 e. The molecule has 3 aliphatic rings. The number of carbonyl (C=O) groups is 2. The maximum Gasteiger partial charge on any atom is 0.271 e. The molecule has 2 fully saturated rings. The minimum atomic E-state index is -1.21. The zero-order valence-corrected chi connectivity index (χ0v) is 13.6. The quantitative estimate of drug-likeness (QED) is 0.380. The van der Waals surface area contributed by atoms with Crippen molar-refractivity contribution in [1.29, 1.82) is 0 Å². The standard InChI is InChI=1S/C17H16N2O6/c1-9-3-4-10(19(23)24)7-11(9)18-14(21)12-13(15(18)22)17(8-20)6-5-16(12,2)25-17/h3-7,12-13,20H,8H2,1-2H3/t12-,13+,16+,17-/m0/s1. The number of non-ortho nitro benzene ring substituents is 1. The van der Waals surface area contributed by atoms with Gasteiger partial charge in [-0.05, 0) is 19.4 Å². The van der Waals surface area contributed by atoms with Gasteiger partial charge in [0.1, 0.15) is 5.60 Å². The van der Waals surface area contributed by atoms with E-state index in [0.717, 1.165) is 4.90 Å². The van der Waals surface area contributed by atoms with Gasteiger partial charge in [-0.15, -0.1) is 0 Å². The lowest BCUT2D eigenvalue weighted by molar-refractivity contribution is -0.384. The summed E-state index contributed by atoms with van der Waals surface area (Å²) in [6.07, 6.45) is 3.35. The Kier molecular flexibility index (Phi) is 3.02. The van der Waals surface area contributed by atoms with Crippen molar-refractivity contribution in [3.8, 4) is 0 Å². The first-order valence-electron chi connectivity index (χ1n) is 7.88. The molecule has 0 saturated carbocycles. The molecule has 4 atom stereocenters. The van der Waals surface area contributed by atoms with Crippen molar-refractivity contribution >= 4 is 23.2 Å². The Hall–Kier alpha value is -2.58. The third kappa shape index (κ3) is 1.83. The molecule has 130 valence electrons. The van der Waals surface area contributed by atoms with Gasteiger partial charge < -0.3 is 9.84 Å². The van der Waals surface area contributed by atoms with E-state index < -0.39 is 46.4 Å². The second-order valence-corrected chi connectivity index (χ2v) is 6.93. The van der Waals surface area contributed by atoms with Crippen LogP contribution in [0.1, 0.15) is 12.5 Å². The van der Waals surface area contributed by atoms with Crippen molar-refractivity contribution in [3.05, 3.63) is 46.0 Å². The first-order valence-corrected chi connectivity index (χ1v) is 7.88. The third-order valence-corrected chi connectivity index (χ3v) is 5.45. The fourth-order valence-electron chi connectivity index (χ4n) is 4.23. The van der Waals surface area contributed by atoms with Crippen LogP contribution in [-0.4, -0.2) is 39.7 Å². The van der Waals surface area contributed by atoms with Crippen LogP contribution in [0, 0.1) is 28.9 Å². The molecule has 2 amide bonds. The first-order chi connectivity index (χ1) is 11.7. The summed E-state index contributed by atoms with van der Waals surface area (Å²) in [7, 11) is 0. The van der Waals surface area contributed by atoms with Crippen molar-refractivity contribution < 1.29 is 24.4 Å². The van der Waals surface area contributed by atoms with Gasteiger partial charge >= 0.3 is 0 Å². The fraction of sp³-hybridized carbons (Fsp3) is 0.412. The normalized spacial score (nSPS) is 35.6. The van der Waals surface area contributed by atoms with E-state index in [4.69, 9.17) is 4.74 Å². The van der Waals surface area contributed by atoms with Crippen LogP contribution < -0.4 is 4.90 Å². The van der Waals surface area contributed by atoms with Crippen LogP contribution in [0.15, 0.2) is 30.4 Å². The van der Waals surface area contributed by atoms with Crippen LogP contribution >= 0.6 is 0 Å². The molecule has 8 heteroatoms. The van der Waals surface area contributed by atoms with Gasteiger partial charge in [0.25, 0.3) is 5.69 Å². The second-order valence-electron chi connectivity index (χ2n) is 6.93. The second kappa shape index (κ2) is 4.74. The smallest absolute Gasteiger partial charge is 0.271 e. The summed E-state index contributed by atoms with van der Waals surface area (Å²) in [5.41, 5.74) is -1.59. The van der Waals surface area contributed by atoms with Gasteiger partial charge in [0.15, 0.2) is 0 Å². The number of hydrogen-bond donors (Lipinski definition) is 1. The van der Waals surface area contributed by atoms with Gasteiger partial charge in [0.05, 0.1) is 34.7 Å². The molecule has 3 heterocycles. The number of imide groups is 1. The number of benzene rings is 1. The molecule has 25 heavy (non-hydrogen) atoms. The number of carbonyl (C=O) groups excluding carboxylic acids is 2. The van der Waals surface area contributed by atoms with Gasteiger partial charge in [-0.2, -0.15) is 0 Å². The van der Waals surface area contributed by atoms with Crippen LogP contribution in [0.4, 0.5) is 11.4 Å². The predicted octanol–water partition coefficient (Wildman–Crippen LogP) is 1.10. The number of anilines is 1. The van der Waals surface area contributed by atoms with E-state index in [1.165, 1.54) is 18.2 Å². The average molecular weight is 344 g/mol. The highest BCUT2D eigenvalue weighted by Crippen LogP contribution is 2.57. The highest BCUT2D eigenvalue weighted by molar-refractivity contribution is 6.24. The molecule has 1 aromatic carbocycles. The van der Waals surface area contributed by atoms with Crippen molar-refractivity contribution in [2.75, 3.05) is 11.5 Å². The Labute approximate surface area is 142 Å². The monoisotopic (exact) mass is 344 g/mol. The van der Waals surface area contributed by atoms with Crippen molar-refractivity contribution in [1.82, 2.24) is 0 Å². The third-order valence-electron chi connectivity index (χ3n) is 5.45. The summed E-state index contributed by atoms with van der Waals surface area (Å²) >= 11 is 0. The molecule has 2 saturated heterocycles. The van der Waals surface area contributed by atoms with Gasteiger partial charge in [-0.1, -0.05) is 18.2 Å². The molecule has 4 rings (SSSR count). The Morgan fingerprint density at radius 3 is 2.60 bits per heavy atom. The zero-order chi connectivity index (χ0) is 18.1. The van der Waals surface area contributed by atoms with E-state index in [-0.39, 0.29) is 11.4 Å². The number of amides is 2. The van der Waals surface area contributed by atoms with E-state index in [1.54, 1.807) is 26.0 Å². The van der Waals surface area contributed by atoms with E-state index in [2.05, 4.69) is 0 Å². The van der Waals surface area contributed by atoms with Crippen LogP contribution in [0.3, 0.4) is 0 Å². The van der Waals surface area contributed by atoms with E-state index in [1.807, 2.05) is 0 Å². The Morgan fingerprint density at radius 2 is 1.96 bits per heavy atom. The molecule has 3 aliphatic heterocycles. The number of nitro groups is 1. The average Bonchev–Trinajstić information content (AvgIpc) is 3.14. The molecular weight excluding hydrogens is 328 g/mol. The zero-order valence-electron chi connectivity index (χ0n) is 13.6. The van der Waals surface area contributed by atoms with Gasteiger partial charge in [-0.3, -0.25) is 19.7 Å². The Bertz CT molecular complexity index is 865. The summed E-state index contributed by atoms with van der Waals surface area (Å²) < 4.78 is 5.84. The van der Waals surface area contributed by atoms with E-state index >= 15 is 0 Å².